The Morgan fingerprint density at radius 3 is 2.50 bits per heavy atom. The van der Waals surface area contributed by atoms with Gasteiger partial charge in [-0.25, -0.2) is 4.79 Å². The standard InChI is InChI=1S/C19H24N4O5/c1-25-15-5-4-13(10-16(15)26-2)11-20-19(24)23-9-8-14(12-23)28-18-7-6-17(27-3)21-22-18/h4-7,10,14H,8-9,11-12H2,1-3H3,(H,20,24)/t14-/m0/s1. The van der Waals surface area contributed by atoms with Gasteiger partial charge < -0.3 is 29.2 Å². The van der Waals surface area contributed by atoms with E-state index in [2.05, 4.69) is 15.5 Å². The van der Waals surface area contributed by atoms with Gasteiger partial charge in [0, 0.05) is 31.6 Å². The lowest BCUT2D eigenvalue weighted by molar-refractivity contribution is 0.181. The summed E-state index contributed by atoms with van der Waals surface area (Å²) < 4.78 is 21.3. The first-order chi connectivity index (χ1) is 13.6. The van der Waals surface area contributed by atoms with E-state index in [0.29, 0.717) is 42.9 Å². The molecule has 0 spiro atoms. The highest BCUT2D eigenvalue weighted by Gasteiger charge is 2.28. The van der Waals surface area contributed by atoms with Crippen LogP contribution in [0.15, 0.2) is 30.3 Å². The highest BCUT2D eigenvalue weighted by molar-refractivity contribution is 5.74. The third-order valence-corrected chi connectivity index (χ3v) is 4.44. The van der Waals surface area contributed by atoms with E-state index < -0.39 is 0 Å². The minimum Gasteiger partial charge on any atom is -0.493 e. The van der Waals surface area contributed by atoms with Gasteiger partial charge in [-0.1, -0.05) is 6.07 Å². The van der Waals surface area contributed by atoms with E-state index in [1.807, 2.05) is 18.2 Å². The van der Waals surface area contributed by atoms with Crippen molar-refractivity contribution >= 4 is 6.03 Å². The molecule has 28 heavy (non-hydrogen) atoms. The molecule has 150 valence electrons. The monoisotopic (exact) mass is 388 g/mol. The lowest BCUT2D eigenvalue weighted by Gasteiger charge is -2.18. The number of likely N-dealkylation sites (tertiary alicyclic amines) is 1. The van der Waals surface area contributed by atoms with Crippen LogP contribution in [0.1, 0.15) is 12.0 Å². The Hall–Kier alpha value is -3.23. The van der Waals surface area contributed by atoms with E-state index in [1.54, 1.807) is 31.3 Å². The Kier molecular flexibility index (Phi) is 6.36. The Morgan fingerprint density at radius 2 is 1.82 bits per heavy atom. The number of urea groups is 1. The van der Waals surface area contributed by atoms with Crippen molar-refractivity contribution in [2.24, 2.45) is 0 Å². The number of hydrogen-bond acceptors (Lipinski definition) is 7. The van der Waals surface area contributed by atoms with E-state index in [9.17, 15) is 4.79 Å². The molecular weight excluding hydrogens is 364 g/mol. The molecule has 1 aromatic heterocycles. The summed E-state index contributed by atoms with van der Waals surface area (Å²) in [4.78, 5) is 14.2. The molecule has 0 bridgehead atoms. The Bertz CT molecular complexity index is 799. The maximum atomic E-state index is 12.4. The quantitative estimate of drug-likeness (QED) is 0.774. The number of aromatic nitrogens is 2. The van der Waals surface area contributed by atoms with E-state index in [1.165, 1.54) is 7.11 Å². The minimum absolute atomic E-state index is 0.116. The maximum absolute atomic E-state index is 12.4. The van der Waals surface area contributed by atoms with Gasteiger partial charge in [-0.15, -0.1) is 10.2 Å². The number of ether oxygens (including phenoxy) is 4. The van der Waals surface area contributed by atoms with Crippen LogP contribution in [-0.4, -0.2) is 61.7 Å². The summed E-state index contributed by atoms with van der Waals surface area (Å²) in [6, 6.07) is 8.80. The summed E-state index contributed by atoms with van der Waals surface area (Å²) in [7, 11) is 4.69. The molecule has 1 N–H and O–H groups in total. The van der Waals surface area contributed by atoms with Crippen molar-refractivity contribution in [2.45, 2.75) is 19.1 Å². The van der Waals surface area contributed by atoms with Crippen molar-refractivity contribution in [3.63, 3.8) is 0 Å². The van der Waals surface area contributed by atoms with Crippen LogP contribution in [0.25, 0.3) is 0 Å². The number of hydrogen-bond donors (Lipinski definition) is 1. The van der Waals surface area contributed by atoms with Crippen molar-refractivity contribution in [2.75, 3.05) is 34.4 Å². The Balaban J connectivity index is 1.49. The van der Waals surface area contributed by atoms with E-state index in [4.69, 9.17) is 18.9 Å². The smallest absolute Gasteiger partial charge is 0.317 e. The number of amides is 2. The van der Waals surface area contributed by atoms with Gasteiger partial charge in [-0.2, -0.15) is 0 Å². The van der Waals surface area contributed by atoms with Crippen LogP contribution in [-0.2, 0) is 6.54 Å². The predicted octanol–water partition coefficient (Wildman–Crippen LogP) is 1.87. The van der Waals surface area contributed by atoms with Crippen molar-refractivity contribution in [3.8, 4) is 23.3 Å². The molecule has 9 nitrogen and oxygen atoms in total. The lowest BCUT2D eigenvalue weighted by Crippen LogP contribution is -2.39. The van der Waals surface area contributed by atoms with Crippen LogP contribution in [0, 0.1) is 0 Å². The minimum atomic E-state index is -0.137. The Morgan fingerprint density at radius 1 is 1.07 bits per heavy atom. The molecule has 2 heterocycles. The summed E-state index contributed by atoms with van der Waals surface area (Å²) in [5.41, 5.74) is 0.923. The SMILES string of the molecule is COc1ccc(O[C@H]2CCN(C(=O)NCc3ccc(OC)c(OC)c3)C2)nn1. The third-order valence-electron chi connectivity index (χ3n) is 4.44. The molecule has 9 heteroatoms. The van der Waals surface area contributed by atoms with E-state index >= 15 is 0 Å². The molecular formula is C19H24N4O5. The van der Waals surface area contributed by atoms with Gasteiger partial charge in [0.2, 0.25) is 11.8 Å². The van der Waals surface area contributed by atoms with Crippen LogP contribution in [0.2, 0.25) is 0 Å². The van der Waals surface area contributed by atoms with Gasteiger partial charge in [0.05, 0.1) is 27.9 Å². The number of nitrogens with one attached hydrogen (secondary N) is 1. The maximum Gasteiger partial charge on any atom is 0.317 e. The van der Waals surface area contributed by atoms with Crippen LogP contribution < -0.4 is 24.3 Å². The molecule has 2 aromatic rings. The fourth-order valence-electron chi connectivity index (χ4n) is 2.94. The van der Waals surface area contributed by atoms with Crippen LogP contribution in [0.3, 0.4) is 0 Å². The van der Waals surface area contributed by atoms with Crippen molar-refractivity contribution in [3.05, 3.63) is 35.9 Å². The normalized spacial score (nSPS) is 15.8. The molecule has 0 aliphatic carbocycles. The second-order valence-electron chi connectivity index (χ2n) is 6.24. The summed E-state index contributed by atoms with van der Waals surface area (Å²) in [5, 5.41) is 10.7. The van der Waals surface area contributed by atoms with Crippen LogP contribution >= 0.6 is 0 Å². The molecule has 1 atom stereocenters. The molecule has 1 saturated heterocycles. The zero-order valence-electron chi connectivity index (χ0n) is 16.2. The molecule has 1 aliphatic rings. The fraction of sp³-hybridized carbons (Fsp3) is 0.421. The summed E-state index contributed by atoms with van der Waals surface area (Å²) in [5.74, 6) is 2.12. The Labute approximate surface area is 163 Å². The van der Waals surface area contributed by atoms with Gasteiger partial charge in [0.1, 0.15) is 6.10 Å². The highest BCUT2D eigenvalue weighted by atomic mass is 16.5. The predicted molar refractivity (Wildman–Crippen MR) is 101 cm³/mol. The zero-order chi connectivity index (χ0) is 19.9. The number of carbonyl (C=O) groups excluding carboxylic acids is 1. The van der Waals surface area contributed by atoms with Crippen molar-refractivity contribution in [1.29, 1.82) is 0 Å². The number of nitrogens with zero attached hydrogens (tertiary/aromatic N) is 3. The molecule has 1 aliphatic heterocycles. The first-order valence-corrected chi connectivity index (χ1v) is 8.91. The topological polar surface area (TPSA) is 95.0 Å². The second-order valence-corrected chi connectivity index (χ2v) is 6.24. The molecule has 1 fully saturated rings. The first kappa shape index (κ1) is 19.5. The average Bonchev–Trinajstić information content (AvgIpc) is 3.20. The number of benzene rings is 1. The highest BCUT2D eigenvalue weighted by Crippen LogP contribution is 2.27. The third kappa shape index (κ3) is 4.73. The molecule has 2 amide bonds. The lowest BCUT2D eigenvalue weighted by atomic mass is 10.2. The second kappa shape index (κ2) is 9.12. The van der Waals surface area contributed by atoms with Crippen LogP contribution in [0.5, 0.6) is 23.3 Å². The number of rotatable bonds is 7. The first-order valence-electron chi connectivity index (χ1n) is 8.91. The fourth-order valence-corrected chi connectivity index (χ4v) is 2.94. The van der Waals surface area contributed by atoms with Gasteiger partial charge in [-0.05, 0) is 17.7 Å². The van der Waals surface area contributed by atoms with Gasteiger partial charge in [0.15, 0.2) is 11.5 Å². The van der Waals surface area contributed by atoms with Gasteiger partial charge >= 0.3 is 6.03 Å². The average molecular weight is 388 g/mol. The summed E-state index contributed by atoms with van der Waals surface area (Å²) >= 11 is 0. The van der Waals surface area contributed by atoms with E-state index in [0.717, 1.165) is 12.0 Å². The summed E-state index contributed by atoms with van der Waals surface area (Å²) in [6.07, 6.45) is 0.617. The van der Waals surface area contributed by atoms with Crippen molar-refractivity contribution in [1.82, 2.24) is 20.4 Å². The zero-order valence-corrected chi connectivity index (χ0v) is 16.2. The largest absolute Gasteiger partial charge is 0.493 e. The molecule has 0 radical (unpaired) electrons. The van der Waals surface area contributed by atoms with Gasteiger partial charge in [-0.3, -0.25) is 0 Å². The molecule has 0 saturated carbocycles. The number of carbonyl (C=O) groups is 1. The van der Waals surface area contributed by atoms with Crippen LogP contribution in [0.4, 0.5) is 4.79 Å². The molecule has 1 aromatic carbocycles. The van der Waals surface area contributed by atoms with E-state index in [-0.39, 0.29) is 12.1 Å². The summed E-state index contributed by atoms with van der Waals surface area (Å²) in [6.45, 7) is 1.50. The van der Waals surface area contributed by atoms with Crippen molar-refractivity contribution < 1.29 is 23.7 Å². The molecule has 3 rings (SSSR count). The van der Waals surface area contributed by atoms with Gasteiger partial charge in [0.25, 0.3) is 0 Å². The molecule has 0 unspecified atom stereocenters. The number of methoxy groups -OCH3 is 3.